The standard InChI is InChI=1S/C18H17F3N2O2/c19-18(20,21)12-22-14-5-8-23(9-6-14)17(24)11-13-7-10-25-16-4-2-1-3-15(13)16/h1-6,8-9,13H,7,10-12H2. The summed E-state index contributed by atoms with van der Waals surface area (Å²) in [5.41, 5.74) is 1.01. The first-order valence-electron chi connectivity index (χ1n) is 7.93. The van der Waals surface area contributed by atoms with Crippen molar-refractivity contribution in [2.45, 2.75) is 24.9 Å². The lowest BCUT2D eigenvalue weighted by Gasteiger charge is -2.25. The van der Waals surface area contributed by atoms with E-state index in [0.717, 1.165) is 17.7 Å². The molecule has 0 fully saturated rings. The van der Waals surface area contributed by atoms with Gasteiger partial charge in [-0.2, -0.15) is 13.2 Å². The largest absolute Gasteiger partial charge is 0.493 e. The molecule has 0 bridgehead atoms. The number of carbonyl (C=O) groups excluding carboxylic acids is 1. The Morgan fingerprint density at radius 3 is 2.64 bits per heavy atom. The highest BCUT2D eigenvalue weighted by Crippen LogP contribution is 2.35. The molecule has 0 amide bonds. The van der Waals surface area contributed by atoms with Crippen LogP contribution in [0, 0.1) is 0 Å². The molecule has 1 atom stereocenters. The third kappa shape index (κ3) is 4.49. The van der Waals surface area contributed by atoms with Gasteiger partial charge in [0.2, 0.25) is 5.91 Å². The molecular weight excluding hydrogens is 333 g/mol. The van der Waals surface area contributed by atoms with Crippen LogP contribution in [0.3, 0.4) is 0 Å². The van der Waals surface area contributed by atoms with Crippen LogP contribution in [-0.2, 0) is 0 Å². The zero-order valence-corrected chi connectivity index (χ0v) is 13.4. The molecule has 1 aliphatic rings. The Kier molecular flexibility index (Phi) is 4.92. The molecule has 2 heterocycles. The molecule has 0 saturated heterocycles. The summed E-state index contributed by atoms with van der Waals surface area (Å²) in [6.07, 6.45) is -0.379. The number of nitrogens with zero attached hydrogens (tertiary/aromatic N) is 2. The van der Waals surface area contributed by atoms with Gasteiger partial charge in [-0.1, -0.05) is 18.2 Å². The van der Waals surface area contributed by atoms with E-state index in [1.54, 1.807) is 0 Å². The van der Waals surface area contributed by atoms with Crippen LogP contribution in [0.5, 0.6) is 5.75 Å². The van der Waals surface area contributed by atoms with Crippen molar-refractivity contribution in [3.63, 3.8) is 0 Å². The van der Waals surface area contributed by atoms with Crippen LogP contribution in [0.2, 0.25) is 0 Å². The zero-order valence-electron chi connectivity index (χ0n) is 13.4. The predicted octanol–water partition coefficient (Wildman–Crippen LogP) is 3.55. The molecule has 0 saturated carbocycles. The number of para-hydroxylation sites is 1. The fourth-order valence-electron chi connectivity index (χ4n) is 2.82. The number of hydrogen-bond acceptors (Lipinski definition) is 3. The number of halogens is 3. The van der Waals surface area contributed by atoms with E-state index in [1.165, 1.54) is 29.1 Å². The summed E-state index contributed by atoms with van der Waals surface area (Å²) in [6, 6.07) is 10.4. The van der Waals surface area contributed by atoms with E-state index in [-0.39, 0.29) is 17.2 Å². The van der Waals surface area contributed by atoms with Crippen LogP contribution in [0.25, 0.3) is 0 Å². The minimum atomic E-state index is -4.34. The monoisotopic (exact) mass is 350 g/mol. The topological polar surface area (TPSA) is 43.6 Å². The molecule has 1 aliphatic heterocycles. The van der Waals surface area contributed by atoms with Gasteiger partial charge < -0.3 is 4.74 Å². The molecule has 1 aromatic heterocycles. The van der Waals surface area contributed by atoms with E-state index in [2.05, 4.69) is 4.99 Å². The second kappa shape index (κ2) is 7.13. The fraction of sp³-hybridized carbons (Fsp3) is 0.333. The Labute approximate surface area is 142 Å². The van der Waals surface area contributed by atoms with Crippen LogP contribution >= 0.6 is 0 Å². The van der Waals surface area contributed by atoms with Gasteiger partial charge in [0.25, 0.3) is 0 Å². The first-order valence-corrected chi connectivity index (χ1v) is 7.93. The summed E-state index contributed by atoms with van der Waals surface area (Å²) in [4.78, 5) is 15.9. The Bertz CT molecular complexity index is 807. The first-order chi connectivity index (χ1) is 11.9. The highest BCUT2D eigenvalue weighted by Gasteiger charge is 2.26. The lowest BCUT2D eigenvalue weighted by molar-refractivity contribution is -0.118. The molecule has 1 unspecified atom stereocenters. The number of rotatable bonds is 3. The number of pyridine rings is 1. The van der Waals surface area contributed by atoms with Gasteiger partial charge in [-0.25, -0.2) is 0 Å². The van der Waals surface area contributed by atoms with E-state index >= 15 is 0 Å². The number of fused-ring (bicyclic) bond motifs is 1. The lowest BCUT2D eigenvalue weighted by atomic mass is 9.90. The van der Waals surface area contributed by atoms with Crippen molar-refractivity contribution in [2.24, 2.45) is 4.99 Å². The molecule has 132 valence electrons. The van der Waals surface area contributed by atoms with Crippen molar-refractivity contribution in [3.05, 3.63) is 59.7 Å². The summed E-state index contributed by atoms with van der Waals surface area (Å²) in [5, 5.41) is 0.192. The maximum atomic E-state index is 12.5. The van der Waals surface area contributed by atoms with E-state index < -0.39 is 12.7 Å². The van der Waals surface area contributed by atoms with Crippen LogP contribution in [0.1, 0.15) is 29.1 Å². The highest BCUT2D eigenvalue weighted by atomic mass is 19.4. The minimum absolute atomic E-state index is 0.0690. The Morgan fingerprint density at radius 2 is 1.92 bits per heavy atom. The van der Waals surface area contributed by atoms with Gasteiger partial charge >= 0.3 is 6.18 Å². The van der Waals surface area contributed by atoms with Crippen molar-refractivity contribution >= 4 is 5.91 Å². The second-order valence-electron chi connectivity index (χ2n) is 5.86. The number of alkyl halides is 3. The maximum Gasteiger partial charge on any atom is 0.407 e. The third-order valence-corrected chi connectivity index (χ3v) is 4.04. The first kappa shape index (κ1) is 17.3. The molecule has 1 aromatic carbocycles. The van der Waals surface area contributed by atoms with E-state index in [9.17, 15) is 18.0 Å². The van der Waals surface area contributed by atoms with Gasteiger partial charge in [0.15, 0.2) is 0 Å². The Balaban J connectivity index is 1.70. The molecule has 0 radical (unpaired) electrons. The molecule has 3 rings (SSSR count). The normalized spacial score (nSPS) is 16.7. The zero-order chi connectivity index (χ0) is 17.9. The van der Waals surface area contributed by atoms with Crippen molar-refractivity contribution in [3.8, 4) is 5.75 Å². The van der Waals surface area contributed by atoms with Gasteiger partial charge in [0.1, 0.15) is 12.3 Å². The van der Waals surface area contributed by atoms with Crippen LogP contribution in [0.15, 0.2) is 53.8 Å². The summed E-state index contributed by atoms with van der Waals surface area (Å²) in [7, 11) is 0. The third-order valence-electron chi connectivity index (χ3n) is 4.04. The molecule has 2 aromatic rings. The van der Waals surface area contributed by atoms with Crippen molar-refractivity contribution < 1.29 is 22.7 Å². The predicted molar refractivity (Wildman–Crippen MR) is 85.5 cm³/mol. The van der Waals surface area contributed by atoms with E-state index in [1.807, 2.05) is 24.3 Å². The van der Waals surface area contributed by atoms with Crippen molar-refractivity contribution in [1.29, 1.82) is 0 Å². The molecule has 0 spiro atoms. The quantitative estimate of drug-likeness (QED) is 0.850. The summed E-state index contributed by atoms with van der Waals surface area (Å²) in [5.74, 6) is 0.751. The molecule has 0 aliphatic carbocycles. The highest BCUT2D eigenvalue weighted by molar-refractivity contribution is 5.79. The van der Waals surface area contributed by atoms with Crippen LogP contribution < -0.4 is 10.1 Å². The summed E-state index contributed by atoms with van der Waals surface area (Å²) >= 11 is 0. The SMILES string of the molecule is O=C(CC1CCOc2ccccc21)n1ccc(=NCC(F)(F)F)cc1. The molecular formula is C18H17F3N2O2. The number of benzene rings is 1. The van der Waals surface area contributed by atoms with Crippen LogP contribution in [-0.4, -0.2) is 29.8 Å². The maximum absolute atomic E-state index is 12.5. The average molecular weight is 350 g/mol. The van der Waals surface area contributed by atoms with E-state index in [4.69, 9.17) is 4.74 Å². The fourth-order valence-corrected chi connectivity index (χ4v) is 2.82. The van der Waals surface area contributed by atoms with Gasteiger partial charge in [-0.15, -0.1) is 0 Å². The number of carbonyl (C=O) groups is 1. The Hall–Kier alpha value is -2.57. The van der Waals surface area contributed by atoms with Crippen molar-refractivity contribution in [1.82, 2.24) is 4.57 Å². The Morgan fingerprint density at radius 1 is 1.20 bits per heavy atom. The number of ether oxygens (including phenoxy) is 1. The van der Waals surface area contributed by atoms with E-state index in [0.29, 0.717) is 13.0 Å². The summed E-state index contributed by atoms with van der Waals surface area (Å²) in [6.45, 7) is -0.668. The number of hydrogen-bond donors (Lipinski definition) is 0. The average Bonchev–Trinajstić information content (AvgIpc) is 2.60. The van der Waals surface area contributed by atoms with Gasteiger partial charge in [0.05, 0.1) is 12.0 Å². The van der Waals surface area contributed by atoms with Gasteiger partial charge in [0, 0.05) is 18.8 Å². The van der Waals surface area contributed by atoms with Crippen molar-refractivity contribution in [2.75, 3.05) is 13.2 Å². The van der Waals surface area contributed by atoms with Gasteiger partial charge in [-0.3, -0.25) is 14.4 Å². The second-order valence-corrected chi connectivity index (χ2v) is 5.86. The van der Waals surface area contributed by atoms with Gasteiger partial charge in [-0.05, 0) is 36.1 Å². The molecule has 7 heteroatoms. The minimum Gasteiger partial charge on any atom is -0.493 e. The molecule has 25 heavy (non-hydrogen) atoms. The smallest absolute Gasteiger partial charge is 0.407 e. The molecule has 4 nitrogen and oxygen atoms in total. The number of aromatic nitrogens is 1. The van der Waals surface area contributed by atoms with Crippen LogP contribution in [0.4, 0.5) is 13.2 Å². The lowest BCUT2D eigenvalue weighted by Crippen LogP contribution is -2.21. The summed E-state index contributed by atoms with van der Waals surface area (Å²) < 4.78 is 43.5. The molecule has 0 N–H and O–H groups in total.